The smallest absolute Gasteiger partial charge is 0.328 e. The number of rotatable bonds is 7. The van der Waals surface area contributed by atoms with Crippen molar-refractivity contribution in [2.24, 2.45) is 0 Å². The van der Waals surface area contributed by atoms with Gasteiger partial charge in [-0.15, -0.1) is 0 Å². The zero-order chi connectivity index (χ0) is 15.3. The number of benzene rings is 1. The van der Waals surface area contributed by atoms with Crippen molar-refractivity contribution >= 4 is 5.97 Å². The maximum atomic E-state index is 12.0. The van der Waals surface area contributed by atoms with E-state index in [1.54, 1.807) is 0 Å². The molecule has 4 nitrogen and oxygen atoms in total. The van der Waals surface area contributed by atoms with E-state index in [2.05, 4.69) is 30.1 Å². The Balaban J connectivity index is 2.17. The number of carbonyl (C=O) groups is 1. The number of carboxylic acids is 1. The summed E-state index contributed by atoms with van der Waals surface area (Å²) >= 11 is 0. The molecule has 0 spiro atoms. The van der Waals surface area contributed by atoms with Gasteiger partial charge in [0.2, 0.25) is 0 Å². The topological polar surface area (TPSA) is 52.6 Å². The van der Waals surface area contributed by atoms with Gasteiger partial charge in [-0.2, -0.15) is 0 Å². The molecule has 116 valence electrons. The maximum Gasteiger partial charge on any atom is 0.328 e. The van der Waals surface area contributed by atoms with Gasteiger partial charge in [0.1, 0.15) is 5.54 Å². The Morgan fingerprint density at radius 2 is 2.05 bits per heavy atom. The second-order valence-electron chi connectivity index (χ2n) is 5.67. The van der Waals surface area contributed by atoms with Gasteiger partial charge in [0.05, 0.1) is 0 Å². The number of carboxylic acid groups (broad SMARTS) is 1. The van der Waals surface area contributed by atoms with Crippen molar-refractivity contribution in [3.05, 3.63) is 35.4 Å². The van der Waals surface area contributed by atoms with Crippen LogP contribution in [0.1, 0.15) is 37.8 Å². The van der Waals surface area contributed by atoms with Crippen LogP contribution in [0, 0.1) is 0 Å². The largest absolute Gasteiger partial charge is 0.480 e. The van der Waals surface area contributed by atoms with E-state index < -0.39 is 11.5 Å². The summed E-state index contributed by atoms with van der Waals surface area (Å²) in [6, 6.07) is 7.95. The standard InChI is InChI=1S/C17H26N2O2/c1-3-19(4-2)13-12-18-17(16(20)21)11-7-9-14-8-5-6-10-15(14)17/h5-6,8,10,18H,3-4,7,9,11-13H2,1-2H3,(H,20,21). The summed E-state index contributed by atoms with van der Waals surface area (Å²) in [5.41, 5.74) is 1.20. The summed E-state index contributed by atoms with van der Waals surface area (Å²) < 4.78 is 0. The fraction of sp³-hybridized carbons (Fsp3) is 0.588. The van der Waals surface area contributed by atoms with Crippen molar-refractivity contribution in [2.45, 2.75) is 38.6 Å². The van der Waals surface area contributed by atoms with Crippen LogP contribution in [-0.4, -0.2) is 42.2 Å². The zero-order valence-electron chi connectivity index (χ0n) is 13.1. The highest BCUT2D eigenvalue weighted by molar-refractivity contribution is 5.81. The van der Waals surface area contributed by atoms with Gasteiger partial charge in [-0.1, -0.05) is 38.1 Å². The molecular weight excluding hydrogens is 264 g/mol. The van der Waals surface area contributed by atoms with E-state index in [-0.39, 0.29) is 0 Å². The van der Waals surface area contributed by atoms with E-state index in [0.717, 1.165) is 38.0 Å². The van der Waals surface area contributed by atoms with Crippen LogP contribution in [0.2, 0.25) is 0 Å². The third-order valence-electron chi connectivity index (χ3n) is 4.59. The number of nitrogens with one attached hydrogen (secondary N) is 1. The number of aliphatic carboxylic acids is 1. The van der Waals surface area contributed by atoms with Crippen molar-refractivity contribution in [3.8, 4) is 0 Å². The highest BCUT2D eigenvalue weighted by Gasteiger charge is 2.42. The Labute approximate surface area is 127 Å². The van der Waals surface area contributed by atoms with Crippen LogP contribution >= 0.6 is 0 Å². The van der Waals surface area contributed by atoms with E-state index >= 15 is 0 Å². The van der Waals surface area contributed by atoms with Gasteiger partial charge >= 0.3 is 5.97 Å². The van der Waals surface area contributed by atoms with Gasteiger partial charge in [-0.3, -0.25) is 5.32 Å². The SMILES string of the molecule is CCN(CC)CCNC1(C(=O)O)CCCc2ccccc21. The van der Waals surface area contributed by atoms with E-state index in [0.29, 0.717) is 13.0 Å². The van der Waals surface area contributed by atoms with Gasteiger partial charge in [-0.25, -0.2) is 4.79 Å². The van der Waals surface area contributed by atoms with E-state index in [4.69, 9.17) is 0 Å². The highest BCUT2D eigenvalue weighted by atomic mass is 16.4. The Bertz CT molecular complexity index is 485. The average molecular weight is 290 g/mol. The third-order valence-corrected chi connectivity index (χ3v) is 4.59. The predicted molar refractivity (Wildman–Crippen MR) is 84.5 cm³/mol. The summed E-state index contributed by atoms with van der Waals surface area (Å²) in [7, 11) is 0. The number of fused-ring (bicyclic) bond motifs is 1. The van der Waals surface area contributed by atoms with E-state index in [9.17, 15) is 9.90 Å². The zero-order valence-corrected chi connectivity index (χ0v) is 13.1. The van der Waals surface area contributed by atoms with Gasteiger partial charge in [0.15, 0.2) is 0 Å². The first-order chi connectivity index (χ1) is 10.1. The quantitative estimate of drug-likeness (QED) is 0.808. The fourth-order valence-electron chi connectivity index (χ4n) is 3.28. The minimum Gasteiger partial charge on any atom is -0.480 e. The average Bonchev–Trinajstić information content (AvgIpc) is 2.51. The molecule has 4 heteroatoms. The molecule has 1 aromatic carbocycles. The van der Waals surface area contributed by atoms with Crippen LogP contribution in [-0.2, 0) is 16.8 Å². The molecule has 0 aliphatic heterocycles. The number of hydrogen-bond donors (Lipinski definition) is 2. The van der Waals surface area contributed by atoms with Crippen LogP contribution in [0.25, 0.3) is 0 Å². The molecule has 0 radical (unpaired) electrons. The molecule has 2 rings (SSSR count). The summed E-state index contributed by atoms with van der Waals surface area (Å²) in [6.45, 7) is 7.83. The molecule has 0 aromatic heterocycles. The molecule has 0 heterocycles. The van der Waals surface area contributed by atoms with Crippen LogP contribution in [0.4, 0.5) is 0 Å². The summed E-state index contributed by atoms with van der Waals surface area (Å²) in [5, 5.41) is 13.2. The van der Waals surface area contributed by atoms with Gasteiger partial charge in [0, 0.05) is 13.1 Å². The second kappa shape index (κ2) is 7.05. The minimum atomic E-state index is -0.915. The van der Waals surface area contributed by atoms with Gasteiger partial charge in [-0.05, 0) is 43.5 Å². The van der Waals surface area contributed by atoms with Crippen molar-refractivity contribution in [2.75, 3.05) is 26.2 Å². The lowest BCUT2D eigenvalue weighted by Crippen LogP contribution is -2.53. The molecule has 1 aliphatic carbocycles. The lowest BCUT2D eigenvalue weighted by molar-refractivity contribution is -0.146. The van der Waals surface area contributed by atoms with Crippen LogP contribution in [0.3, 0.4) is 0 Å². The summed E-state index contributed by atoms with van der Waals surface area (Å²) in [4.78, 5) is 14.3. The Kier molecular flexibility index (Phi) is 5.37. The Morgan fingerprint density at radius 3 is 2.71 bits per heavy atom. The van der Waals surface area contributed by atoms with Crippen LogP contribution in [0.5, 0.6) is 0 Å². The first-order valence-corrected chi connectivity index (χ1v) is 7.93. The molecule has 21 heavy (non-hydrogen) atoms. The monoisotopic (exact) mass is 290 g/mol. The molecule has 0 fully saturated rings. The molecule has 1 unspecified atom stereocenters. The molecule has 1 aromatic rings. The molecule has 0 saturated carbocycles. The summed E-state index contributed by atoms with van der Waals surface area (Å²) in [5.74, 6) is -0.755. The third kappa shape index (κ3) is 3.27. The Morgan fingerprint density at radius 1 is 1.33 bits per heavy atom. The molecular formula is C17H26N2O2. The number of hydrogen-bond acceptors (Lipinski definition) is 3. The van der Waals surface area contributed by atoms with E-state index in [1.165, 1.54) is 5.56 Å². The second-order valence-corrected chi connectivity index (χ2v) is 5.67. The summed E-state index contributed by atoms with van der Waals surface area (Å²) in [6.07, 6.45) is 2.56. The lowest BCUT2D eigenvalue weighted by Gasteiger charge is -2.37. The normalized spacial score (nSPS) is 21.3. The van der Waals surface area contributed by atoms with Crippen LogP contribution < -0.4 is 5.32 Å². The first-order valence-electron chi connectivity index (χ1n) is 7.93. The molecule has 0 saturated heterocycles. The lowest BCUT2D eigenvalue weighted by atomic mass is 9.76. The van der Waals surface area contributed by atoms with Gasteiger partial charge < -0.3 is 10.0 Å². The van der Waals surface area contributed by atoms with Crippen molar-refractivity contribution < 1.29 is 9.90 Å². The van der Waals surface area contributed by atoms with Crippen molar-refractivity contribution in [3.63, 3.8) is 0 Å². The Hall–Kier alpha value is -1.39. The first kappa shape index (κ1) is 16.0. The predicted octanol–water partition coefficient (Wildman–Crippen LogP) is 2.23. The number of aryl methyl sites for hydroxylation is 1. The fourth-order valence-corrected chi connectivity index (χ4v) is 3.28. The molecule has 0 bridgehead atoms. The van der Waals surface area contributed by atoms with E-state index in [1.807, 2.05) is 18.2 Å². The molecule has 1 aliphatic rings. The minimum absolute atomic E-state index is 0.664. The van der Waals surface area contributed by atoms with Gasteiger partial charge in [0.25, 0.3) is 0 Å². The maximum absolute atomic E-state index is 12.0. The van der Waals surface area contributed by atoms with Crippen molar-refractivity contribution in [1.82, 2.24) is 10.2 Å². The number of nitrogens with zero attached hydrogens (tertiary/aromatic N) is 1. The number of likely N-dealkylation sites (N-methyl/N-ethyl adjacent to an activating group) is 1. The van der Waals surface area contributed by atoms with Crippen molar-refractivity contribution in [1.29, 1.82) is 0 Å². The molecule has 1 atom stereocenters. The van der Waals surface area contributed by atoms with Crippen LogP contribution in [0.15, 0.2) is 24.3 Å². The molecule has 2 N–H and O–H groups in total. The highest BCUT2D eigenvalue weighted by Crippen LogP contribution is 2.35. The molecule has 0 amide bonds.